The van der Waals surface area contributed by atoms with Crippen LogP contribution >= 0.6 is 0 Å². The Morgan fingerprint density at radius 2 is 2.00 bits per heavy atom. The van der Waals surface area contributed by atoms with Gasteiger partial charge >= 0.3 is 0 Å². The summed E-state index contributed by atoms with van der Waals surface area (Å²) in [6.45, 7) is 8.29. The zero-order chi connectivity index (χ0) is 15.2. The highest BCUT2D eigenvalue weighted by molar-refractivity contribution is 5.97. The van der Waals surface area contributed by atoms with Crippen LogP contribution in [0.4, 0.5) is 5.82 Å². The van der Waals surface area contributed by atoms with Gasteiger partial charge in [0.2, 0.25) is 5.91 Å². The Bertz CT molecular complexity index is 480. The Kier molecular flexibility index (Phi) is 5.49. The van der Waals surface area contributed by atoms with Gasteiger partial charge in [-0.3, -0.25) is 9.59 Å². The molecule has 0 bridgehead atoms. The quantitative estimate of drug-likeness (QED) is 0.754. The first-order valence-corrected chi connectivity index (χ1v) is 6.61. The predicted molar refractivity (Wildman–Crippen MR) is 78.6 cm³/mol. The van der Waals surface area contributed by atoms with Crippen molar-refractivity contribution >= 4 is 17.6 Å². The number of hydrogen-bond donors (Lipinski definition) is 3. The Balaban J connectivity index is 2.54. The minimum atomic E-state index is -0.309. The molecule has 1 heterocycles. The van der Waals surface area contributed by atoms with Gasteiger partial charge in [-0.05, 0) is 39.8 Å². The van der Waals surface area contributed by atoms with E-state index in [2.05, 4.69) is 20.9 Å². The molecule has 0 aliphatic carbocycles. The van der Waals surface area contributed by atoms with Gasteiger partial charge in [0.05, 0.1) is 6.54 Å². The first kappa shape index (κ1) is 15.9. The van der Waals surface area contributed by atoms with Gasteiger partial charge in [0.1, 0.15) is 5.82 Å². The number of rotatable bonds is 5. The number of aromatic nitrogens is 1. The smallest absolute Gasteiger partial charge is 0.251 e. The van der Waals surface area contributed by atoms with E-state index in [0.29, 0.717) is 11.4 Å². The second-order valence-corrected chi connectivity index (χ2v) is 5.44. The molecule has 0 fully saturated rings. The molecular weight excluding hydrogens is 256 g/mol. The number of nitrogens with one attached hydrogen (secondary N) is 3. The Hall–Kier alpha value is -2.11. The number of pyridine rings is 1. The molecule has 0 aliphatic heterocycles. The highest BCUT2D eigenvalue weighted by Gasteiger charge is 2.14. The molecule has 0 atom stereocenters. The fraction of sp³-hybridized carbons (Fsp3) is 0.500. The molecule has 110 valence electrons. The summed E-state index contributed by atoms with van der Waals surface area (Å²) in [4.78, 5) is 27.6. The third-order valence-corrected chi connectivity index (χ3v) is 2.30. The minimum absolute atomic E-state index is 0.0467. The number of anilines is 1. The summed E-state index contributed by atoms with van der Waals surface area (Å²) in [5.41, 5.74) is 0.163. The number of hydrogen-bond acceptors (Lipinski definition) is 4. The van der Waals surface area contributed by atoms with Crippen molar-refractivity contribution < 1.29 is 9.59 Å². The van der Waals surface area contributed by atoms with E-state index in [0.717, 1.165) is 6.54 Å². The number of amides is 2. The van der Waals surface area contributed by atoms with E-state index in [1.807, 2.05) is 27.7 Å². The maximum Gasteiger partial charge on any atom is 0.251 e. The maximum absolute atomic E-state index is 11.9. The minimum Gasteiger partial charge on any atom is -0.370 e. The molecule has 0 saturated heterocycles. The summed E-state index contributed by atoms with van der Waals surface area (Å²) >= 11 is 0. The van der Waals surface area contributed by atoms with Crippen molar-refractivity contribution in [2.75, 3.05) is 18.4 Å². The first-order chi connectivity index (χ1) is 9.31. The molecule has 3 N–H and O–H groups in total. The van der Waals surface area contributed by atoms with E-state index in [-0.39, 0.29) is 23.9 Å². The van der Waals surface area contributed by atoms with Gasteiger partial charge in [0.25, 0.3) is 5.91 Å². The van der Waals surface area contributed by atoms with Crippen molar-refractivity contribution in [2.45, 2.75) is 33.2 Å². The third-order valence-electron chi connectivity index (χ3n) is 2.30. The van der Waals surface area contributed by atoms with Gasteiger partial charge in [-0.15, -0.1) is 0 Å². The van der Waals surface area contributed by atoms with Crippen molar-refractivity contribution in [3.05, 3.63) is 23.9 Å². The van der Waals surface area contributed by atoms with Crippen LogP contribution in [0.1, 0.15) is 38.1 Å². The Labute approximate surface area is 119 Å². The van der Waals surface area contributed by atoms with Gasteiger partial charge in [-0.1, -0.05) is 0 Å². The molecule has 1 aromatic heterocycles. The lowest BCUT2D eigenvalue weighted by Gasteiger charge is -2.20. The van der Waals surface area contributed by atoms with Crippen LogP contribution in [0.15, 0.2) is 18.3 Å². The van der Waals surface area contributed by atoms with E-state index in [4.69, 9.17) is 0 Å². The molecule has 0 saturated carbocycles. The summed E-state index contributed by atoms with van der Waals surface area (Å²) in [6, 6.07) is 3.26. The predicted octanol–water partition coefficient (Wildman–Crippen LogP) is 1.16. The molecule has 0 aliphatic rings. The highest BCUT2D eigenvalue weighted by Crippen LogP contribution is 2.06. The van der Waals surface area contributed by atoms with Crippen molar-refractivity contribution in [1.29, 1.82) is 0 Å². The molecule has 0 unspecified atom stereocenters. The van der Waals surface area contributed by atoms with E-state index < -0.39 is 0 Å². The lowest BCUT2D eigenvalue weighted by Crippen LogP contribution is -2.45. The molecular formula is C14H22N4O2. The zero-order valence-corrected chi connectivity index (χ0v) is 12.4. The zero-order valence-electron chi connectivity index (χ0n) is 12.4. The van der Waals surface area contributed by atoms with Gasteiger partial charge in [0, 0.05) is 23.8 Å². The summed E-state index contributed by atoms with van der Waals surface area (Å²) in [5.74, 6) is 0.127. The molecule has 6 heteroatoms. The number of nitrogens with zero attached hydrogens (tertiary/aromatic N) is 1. The van der Waals surface area contributed by atoms with E-state index in [9.17, 15) is 9.59 Å². The molecule has 1 aromatic rings. The topological polar surface area (TPSA) is 83.1 Å². The van der Waals surface area contributed by atoms with Gasteiger partial charge in [-0.2, -0.15) is 0 Å². The van der Waals surface area contributed by atoms with E-state index in [1.165, 1.54) is 0 Å². The van der Waals surface area contributed by atoms with Gasteiger partial charge < -0.3 is 16.0 Å². The Morgan fingerprint density at radius 1 is 1.30 bits per heavy atom. The van der Waals surface area contributed by atoms with Crippen LogP contribution in [-0.4, -0.2) is 35.4 Å². The molecule has 0 aromatic carbocycles. The van der Waals surface area contributed by atoms with Gasteiger partial charge in [-0.25, -0.2) is 4.98 Å². The summed E-state index contributed by atoms with van der Waals surface area (Å²) in [7, 11) is 0. The standard InChI is InChI=1S/C14H22N4O2/c1-5-15-11-8-10(6-7-16-11)13(20)17-9-12(19)18-14(2,3)4/h6-8H,5,9H2,1-4H3,(H,15,16)(H,17,20)(H,18,19). The van der Waals surface area contributed by atoms with Crippen molar-refractivity contribution in [3.8, 4) is 0 Å². The Morgan fingerprint density at radius 3 is 2.60 bits per heavy atom. The van der Waals surface area contributed by atoms with Crippen molar-refractivity contribution in [3.63, 3.8) is 0 Å². The van der Waals surface area contributed by atoms with Crippen LogP contribution in [0.25, 0.3) is 0 Å². The maximum atomic E-state index is 11.9. The fourth-order valence-corrected chi connectivity index (χ4v) is 1.57. The summed E-state index contributed by atoms with van der Waals surface area (Å²) in [6.07, 6.45) is 1.56. The van der Waals surface area contributed by atoms with Gasteiger partial charge in [0.15, 0.2) is 0 Å². The lowest BCUT2D eigenvalue weighted by molar-refractivity contribution is -0.121. The third kappa shape index (κ3) is 5.69. The molecule has 2 amide bonds. The molecule has 0 spiro atoms. The van der Waals surface area contributed by atoms with Crippen LogP contribution < -0.4 is 16.0 Å². The monoisotopic (exact) mass is 278 g/mol. The summed E-state index contributed by atoms with van der Waals surface area (Å²) in [5, 5.41) is 8.39. The molecule has 20 heavy (non-hydrogen) atoms. The van der Waals surface area contributed by atoms with Crippen molar-refractivity contribution in [2.24, 2.45) is 0 Å². The van der Waals surface area contributed by atoms with Crippen LogP contribution in [-0.2, 0) is 4.79 Å². The second kappa shape index (κ2) is 6.88. The number of carbonyl (C=O) groups is 2. The van der Waals surface area contributed by atoms with Crippen LogP contribution in [0.2, 0.25) is 0 Å². The fourth-order valence-electron chi connectivity index (χ4n) is 1.57. The molecule has 0 radical (unpaired) electrons. The van der Waals surface area contributed by atoms with Crippen LogP contribution in [0.5, 0.6) is 0 Å². The molecule has 1 rings (SSSR count). The highest BCUT2D eigenvalue weighted by atomic mass is 16.2. The van der Waals surface area contributed by atoms with Crippen molar-refractivity contribution in [1.82, 2.24) is 15.6 Å². The average Bonchev–Trinajstić information content (AvgIpc) is 2.34. The second-order valence-electron chi connectivity index (χ2n) is 5.44. The normalized spacial score (nSPS) is 10.8. The SMILES string of the molecule is CCNc1cc(C(=O)NCC(=O)NC(C)(C)C)ccn1. The molecule has 6 nitrogen and oxygen atoms in total. The number of carbonyl (C=O) groups excluding carboxylic acids is 2. The van der Waals surface area contributed by atoms with Crippen LogP contribution in [0, 0.1) is 0 Å². The van der Waals surface area contributed by atoms with E-state index >= 15 is 0 Å². The average molecular weight is 278 g/mol. The lowest BCUT2D eigenvalue weighted by atomic mass is 10.1. The van der Waals surface area contributed by atoms with Crippen LogP contribution in [0.3, 0.4) is 0 Å². The largest absolute Gasteiger partial charge is 0.370 e. The van der Waals surface area contributed by atoms with E-state index in [1.54, 1.807) is 18.3 Å². The summed E-state index contributed by atoms with van der Waals surface area (Å²) < 4.78 is 0. The first-order valence-electron chi connectivity index (χ1n) is 6.61.